The second-order valence-electron chi connectivity index (χ2n) is 8.37. The van der Waals surface area contributed by atoms with Gasteiger partial charge in [0.05, 0.1) is 31.5 Å². The summed E-state index contributed by atoms with van der Waals surface area (Å²) in [5.74, 6) is 2.04. The summed E-state index contributed by atoms with van der Waals surface area (Å²) in [6.07, 6.45) is 1.99. The first kappa shape index (κ1) is 24.9. The number of hydrogen-bond donors (Lipinski definition) is 4. The predicted molar refractivity (Wildman–Crippen MR) is 143 cm³/mol. The Balaban J connectivity index is 1.47. The average Bonchev–Trinajstić information content (AvgIpc) is 3.51. The highest BCUT2D eigenvalue weighted by molar-refractivity contribution is 5.71. The fourth-order valence-corrected chi connectivity index (χ4v) is 3.94. The molecule has 5 aromatic rings. The van der Waals surface area contributed by atoms with Crippen LogP contribution in [-0.2, 0) is 0 Å². The molecule has 0 bridgehead atoms. The van der Waals surface area contributed by atoms with Gasteiger partial charge in [-0.1, -0.05) is 60.7 Å². The van der Waals surface area contributed by atoms with E-state index in [9.17, 15) is 10.2 Å². The van der Waals surface area contributed by atoms with Crippen LogP contribution in [0.3, 0.4) is 0 Å². The van der Waals surface area contributed by atoms with Crippen molar-refractivity contribution in [2.45, 2.75) is 12.1 Å². The molecule has 0 aliphatic heterocycles. The van der Waals surface area contributed by atoms with Gasteiger partial charge in [-0.25, -0.2) is 4.98 Å². The van der Waals surface area contributed by atoms with Gasteiger partial charge in [-0.3, -0.25) is 0 Å². The van der Waals surface area contributed by atoms with Crippen molar-refractivity contribution in [1.82, 2.24) is 19.9 Å². The van der Waals surface area contributed by atoms with Crippen molar-refractivity contribution in [1.29, 1.82) is 0 Å². The van der Waals surface area contributed by atoms with Crippen LogP contribution in [0.5, 0.6) is 5.75 Å². The molecule has 2 heterocycles. The van der Waals surface area contributed by atoms with Gasteiger partial charge in [0.25, 0.3) is 0 Å². The molecular weight excluding hydrogens is 484 g/mol. The van der Waals surface area contributed by atoms with E-state index in [1.165, 1.54) is 6.39 Å². The van der Waals surface area contributed by atoms with Gasteiger partial charge >= 0.3 is 0 Å². The zero-order valence-electron chi connectivity index (χ0n) is 20.5. The summed E-state index contributed by atoms with van der Waals surface area (Å²) >= 11 is 0. The molecule has 2 atom stereocenters. The number of aliphatic hydroxyl groups excluding tert-OH is 2. The molecule has 0 radical (unpaired) electrons. The highest BCUT2D eigenvalue weighted by Crippen LogP contribution is 2.33. The molecule has 4 N–H and O–H groups in total. The summed E-state index contributed by atoms with van der Waals surface area (Å²) in [4.78, 5) is 17.6. The van der Waals surface area contributed by atoms with Gasteiger partial charge in [-0.05, 0) is 17.7 Å². The third-order valence-electron chi connectivity index (χ3n) is 5.86. The second-order valence-corrected chi connectivity index (χ2v) is 8.37. The number of anilines is 3. The van der Waals surface area contributed by atoms with Crippen molar-refractivity contribution in [2.75, 3.05) is 24.4 Å². The summed E-state index contributed by atoms with van der Waals surface area (Å²) in [5.41, 5.74) is 2.86. The van der Waals surface area contributed by atoms with Crippen LogP contribution in [0.15, 0.2) is 95.9 Å². The molecule has 0 fully saturated rings. The van der Waals surface area contributed by atoms with E-state index in [1.807, 2.05) is 60.7 Å². The third kappa shape index (κ3) is 5.61. The first-order chi connectivity index (χ1) is 18.6. The van der Waals surface area contributed by atoms with Crippen LogP contribution in [-0.4, -0.2) is 49.9 Å². The quantitative estimate of drug-likeness (QED) is 0.213. The second kappa shape index (κ2) is 11.5. The minimum absolute atomic E-state index is 0.195. The van der Waals surface area contributed by atoms with E-state index in [2.05, 4.69) is 30.6 Å². The number of nitrogens with one attached hydrogen (secondary N) is 2. The SMILES string of the molecule is COc1cc(Nc2nc(NC(CO)C(O)c3ccccc3)nc(-c3ccccc3)n2)ccc1-c1cnco1. The molecule has 0 saturated heterocycles. The number of ether oxygens (including phenoxy) is 1. The maximum atomic E-state index is 10.9. The standard InChI is InChI=1S/C28H26N6O4/c1-37-23-14-20(12-13-21(23)24-15-29-17-38-24)30-27-32-26(19-10-6-3-7-11-19)33-28(34-27)31-22(16-35)25(36)18-8-4-2-5-9-18/h2-15,17,22,25,35-36H,16H2,1H3,(H2,30,31,32,33,34). The van der Waals surface area contributed by atoms with Crippen molar-refractivity contribution in [3.63, 3.8) is 0 Å². The van der Waals surface area contributed by atoms with E-state index < -0.39 is 12.1 Å². The van der Waals surface area contributed by atoms with Gasteiger partial charge in [-0.2, -0.15) is 15.0 Å². The fourth-order valence-electron chi connectivity index (χ4n) is 3.94. The Labute approximate surface area is 219 Å². The van der Waals surface area contributed by atoms with Crippen molar-refractivity contribution in [3.05, 3.63) is 97.0 Å². The minimum atomic E-state index is -0.984. The number of hydrogen-bond acceptors (Lipinski definition) is 10. The lowest BCUT2D eigenvalue weighted by atomic mass is 10.0. The van der Waals surface area contributed by atoms with Crippen molar-refractivity contribution in [2.24, 2.45) is 0 Å². The third-order valence-corrected chi connectivity index (χ3v) is 5.86. The number of aromatic nitrogens is 4. The van der Waals surface area contributed by atoms with Crippen LogP contribution < -0.4 is 15.4 Å². The first-order valence-corrected chi connectivity index (χ1v) is 11.9. The number of rotatable bonds is 10. The number of nitrogens with zero attached hydrogens (tertiary/aromatic N) is 4. The Morgan fingerprint density at radius 2 is 1.66 bits per heavy atom. The van der Waals surface area contributed by atoms with E-state index in [0.29, 0.717) is 28.6 Å². The minimum Gasteiger partial charge on any atom is -0.496 e. The normalized spacial score (nSPS) is 12.5. The van der Waals surface area contributed by atoms with Crippen molar-refractivity contribution < 1.29 is 19.4 Å². The lowest BCUT2D eigenvalue weighted by Crippen LogP contribution is -2.32. The van der Waals surface area contributed by atoms with Gasteiger partial charge < -0.3 is 30.0 Å². The van der Waals surface area contributed by atoms with E-state index >= 15 is 0 Å². The summed E-state index contributed by atoms with van der Waals surface area (Å²) in [7, 11) is 1.57. The molecule has 3 aromatic carbocycles. The maximum Gasteiger partial charge on any atom is 0.232 e. The number of methoxy groups -OCH3 is 1. The zero-order valence-corrected chi connectivity index (χ0v) is 20.5. The van der Waals surface area contributed by atoms with Crippen LogP contribution in [0, 0.1) is 0 Å². The highest BCUT2D eigenvalue weighted by Gasteiger charge is 2.22. The molecule has 0 spiro atoms. The molecule has 2 aromatic heterocycles. The Morgan fingerprint density at radius 1 is 0.921 bits per heavy atom. The van der Waals surface area contributed by atoms with Crippen LogP contribution in [0.2, 0.25) is 0 Å². The van der Waals surface area contributed by atoms with Gasteiger partial charge in [0.2, 0.25) is 11.9 Å². The van der Waals surface area contributed by atoms with E-state index in [1.54, 1.807) is 31.5 Å². The molecule has 0 aliphatic rings. The number of oxazole rings is 1. The fraction of sp³-hybridized carbons (Fsp3) is 0.143. The Morgan fingerprint density at radius 3 is 2.34 bits per heavy atom. The molecule has 0 saturated carbocycles. The molecular formula is C28H26N6O4. The summed E-state index contributed by atoms with van der Waals surface area (Å²) in [6, 6.07) is 23.3. The number of benzene rings is 3. The summed E-state index contributed by atoms with van der Waals surface area (Å²) < 4.78 is 11.0. The zero-order chi connectivity index (χ0) is 26.3. The van der Waals surface area contributed by atoms with E-state index in [4.69, 9.17) is 9.15 Å². The molecule has 0 aliphatic carbocycles. The smallest absolute Gasteiger partial charge is 0.232 e. The Hall–Kier alpha value is -4.80. The van der Waals surface area contributed by atoms with Gasteiger partial charge in [0.1, 0.15) is 11.9 Å². The van der Waals surface area contributed by atoms with E-state index in [0.717, 1.165) is 11.1 Å². The topological polar surface area (TPSA) is 138 Å². The molecule has 38 heavy (non-hydrogen) atoms. The molecule has 10 nitrogen and oxygen atoms in total. The van der Waals surface area contributed by atoms with Crippen LogP contribution >= 0.6 is 0 Å². The lowest BCUT2D eigenvalue weighted by molar-refractivity contribution is 0.118. The Bertz CT molecular complexity index is 1470. The van der Waals surface area contributed by atoms with Crippen LogP contribution in [0.25, 0.3) is 22.7 Å². The van der Waals surface area contributed by atoms with E-state index in [-0.39, 0.29) is 18.5 Å². The average molecular weight is 511 g/mol. The molecule has 10 heteroatoms. The van der Waals surface area contributed by atoms with Crippen LogP contribution in [0.1, 0.15) is 11.7 Å². The molecule has 2 unspecified atom stereocenters. The monoisotopic (exact) mass is 510 g/mol. The predicted octanol–water partition coefficient (Wildman–Crippen LogP) is 4.45. The molecule has 192 valence electrons. The number of aliphatic hydroxyl groups is 2. The maximum absolute atomic E-state index is 10.9. The van der Waals surface area contributed by atoms with Gasteiger partial charge in [-0.15, -0.1) is 0 Å². The van der Waals surface area contributed by atoms with Gasteiger partial charge in [0, 0.05) is 17.3 Å². The summed E-state index contributed by atoms with van der Waals surface area (Å²) in [6.45, 7) is -0.342. The van der Waals surface area contributed by atoms with Gasteiger partial charge in [0.15, 0.2) is 18.0 Å². The first-order valence-electron chi connectivity index (χ1n) is 11.9. The highest BCUT2D eigenvalue weighted by atomic mass is 16.5. The van der Waals surface area contributed by atoms with Crippen LogP contribution in [0.4, 0.5) is 17.6 Å². The van der Waals surface area contributed by atoms with Crippen molar-refractivity contribution >= 4 is 17.6 Å². The lowest BCUT2D eigenvalue weighted by Gasteiger charge is -2.23. The Kier molecular flexibility index (Phi) is 7.53. The summed E-state index contributed by atoms with van der Waals surface area (Å²) in [5, 5.41) is 27.2. The molecule has 5 rings (SSSR count). The largest absolute Gasteiger partial charge is 0.496 e. The van der Waals surface area contributed by atoms with Crippen molar-refractivity contribution in [3.8, 4) is 28.5 Å². The molecule has 0 amide bonds.